The Bertz CT molecular complexity index is 1590. The van der Waals surface area contributed by atoms with Crippen LogP contribution >= 0.6 is 0 Å². The Morgan fingerprint density at radius 1 is 0.966 bits per heavy atom. The SMILES string of the molecule is C=C/C(F)=C(\C=C(/C)C(=O)NC)N/C(C)=C(C)/C(=C\C(=C)c1ccc(C(C)(C)C(=O)C(C)CC)c(C)c1)N=CCC.CC(C)C.CCC1CC(C)C1.CCCCCCC. The van der Waals surface area contributed by atoms with Crippen LogP contribution in [0.4, 0.5) is 4.39 Å². The van der Waals surface area contributed by atoms with Crippen molar-refractivity contribution in [2.45, 2.75) is 180 Å². The lowest BCUT2D eigenvalue weighted by Gasteiger charge is -2.31. The third kappa shape index (κ3) is 22.4. The summed E-state index contributed by atoms with van der Waals surface area (Å²) in [7, 11) is 1.52. The van der Waals surface area contributed by atoms with Gasteiger partial charge in [0.05, 0.1) is 11.4 Å². The molecule has 1 aliphatic carbocycles. The minimum Gasteiger partial charge on any atom is -0.356 e. The molecule has 1 aromatic rings. The highest BCUT2D eigenvalue weighted by Gasteiger charge is 2.33. The zero-order chi connectivity index (χ0) is 45.9. The molecule has 334 valence electrons. The van der Waals surface area contributed by atoms with Crippen molar-refractivity contribution in [1.82, 2.24) is 10.6 Å². The summed E-state index contributed by atoms with van der Waals surface area (Å²) in [5.41, 5.74) is 5.68. The van der Waals surface area contributed by atoms with E-state index in [1.165, 1.54) is 64.5 Å². The van der Waals surface area contributed by atoms with Crippen LogP contribution in [0.25, 0.3) is 5.57 Å². The van der Waals surface area contributed by atoms with Gasteiger partial charge in [-0.2, -0.15) is 0 Å². The number of ketones is 1. The van der Waals surface area contributed by atoms with E-state index in [1.807, 2.05) is 79.8 Å². The molecule has 1 atom stereocenters. The summed E-state index contributed by atoms with van der Waals surface area (Å²) in [4.78, 5) is 29.7. The van der Waals surface area contributed by atoms with Crippen molar-refractivity contribution >= 4 is 23.5 Å². The molecule has 1 fully saturated rings. The summed E-state index contributed by atoms with van der Waals surface area (Å²) in [6, 6.07) is 6.06. The van der Waals surface area contributed by atoms with E-state index in [0.29, 0.717) is 17.0 Å². The Kier molecular flexibility index (Phi) is 30.2. The van der Waals surface area contributed by atoms with Crippen molar-refractivity contribution in [3.8, 4) is 0 Å². The van der Waals surface area contributed by atoms with Crippen LogP contribution in [0, 0.1) is 30.6 Å². The third-order valence-corrected chi connectivity index (χ3v) is 10.6. The second kappa shape index (κ2) is 31.1. The summed E-state index contributed by atoms with van der Waals surface area (Å²) >= 11 is 0. The molecule has 2 rings (SSSR count). The molecule has 1 aromatic carbocycles. The topological polar surface area (TPSA) is 70.6 Å². The second-order valence-electron chi connectivity index (χ2n) is 17.5. The molecule has 0 bridgehead atoms. The van der Waals surface area contributed by atoms with Crippen LogP contribution in [0.2, 0.25) is 0 Å². The summed E-state index contributed by atoms with van der Waals surface area (Å²) in [6.07, 6.45) is 19.2. The van der Waals surface area contributed by atoms with Crippen LogP contribution in [0.15, 0.2) is 88.6 Å². The lowest BCUT2D eigenvalue weighted by Crippen LogP contribution is -2.34. The zero-order valence-electron chi connectivity index (χ0n) is 41.0. The van der Waals surface area contributed by atoms with E-state index in [-0.39, 0.29) is 23.3 Å². The van der Waals surface area contributed by atoms with Gasteiger partial charge in [0, 0.05) is 35.9 Å². The first-order valence-corrected chi connectivity index (χ1v) is 22.6. The molecule has 0 aliphatic heterocycles. The van der Waals surface area contributed by atoms with Crippen molar-refractivity contribution < 1.29 is 14.0 Å². The maximum Gasteiger partial charge on any atom is 0.246 e. The number of unbranched alkanes of at least 4 members (excludes halogenated alkanes) is 4. The Balaban J connectivity index is 0. The molecule has 1 amide bonds. The second-order valence-corrected chi connectivity index (χ2v) is 17.5. The Hall–Kier alpha value is -3.80. The number of amides is 1. The number of halogens is 1. The predicted molar refractivity (Wildman–Crippen MR) is 259 cm³/mol. The molecule has 59 heavy (non-hydrogen) atoms. The fourth-order valence-corrected chi connectivity index (χ4v) is 6.50. The van der Waals surface area contributed by atoms with Gasteiger partial charge >= 0.3 is 0 Å². The molecule has 0 aromatic heterocycles. The van der Waals surface area contributed by atoms with Gasteiger partial charge in [0.15, 0.2) is 0 Å². The fraction of sp³-hybridized carbons (Fsp3) is 0.604. The first-order valence-electron chi connectivity index (χ1n) is 22.6. The molecule has 0 heterocycles. The summed E-state index contributed by atoms with van der Waals surface area (Å²) in [5, 5.41) is 5.62. The predicted octanol–water partition coefficient (Wildman–Crippen LogP) is 15.3. The monoisotopic (exact) mass is 818 g/mol. The van der Waals surface area contributed by atoms with E-state index in [4.69, 9.17) is 0 Å². The van der Waals surface area contributed by atoms with E-state index in [9.17, 15) is 14.0 Å². The van der Waals surface area contributed by atoms with Gasteiger partial charge < -0.3 is 10.6 Å². The van der Waals surface area contributed by atoms with E-state index >= 15 is 0 Å². The molecular formula is C53H88FN3O2. The number of nitrogens with zero attached hydrogens (tertiary/aromatic N) is 1. The van der Waals surface area contributed by atoms with Crippen LogP contribution in [0.5, 0.6) is 0 Å². The molecule has 1 saturated carbocycles. The average molecular weight is 818 g/mol. The quantitative estimate of drug-likeness (QED) is 0.0632. The largest absolute Gasteiger partial charge is 0.356 e. The summed E-state index contributed by atoms with van der Waals surface area (Å²) < 4.78 is 14.7. The van der Waals surface area contributed by atoms with Gasteiger partial charge in [-0.05, 0) is 131 Å². The maximum atomic E-state index is 14.7. The third-order valence-electron chi connectivity index (χ3n) is 10.6. The number of nitrogens with one attached hydrogen (secondary N) is 2. The lowest BCUT2D eigenvalue weighted by atomic mass is 9.73. The van der Waals surface area contributed by atoms with Gasteiger partial charge in [-0.3, -0.25) is 14.6 Å². The first kappa shape index (κ1) is 57.3. The molecular weight excluding hydrogens is 730 g/mol. The molecule has 1 aliphatic rings. The van der Waals surface area contributed by atoms with E-state index in [1.54, 1.807) is 6.92 Å². The summed E-state index contributed by atoms with van der Waals surface area (Å²) in [6.45, 7) is 40.8. The highest BCUT2D eigenvalue weighted by molar-refractivity contribution is 5.93. The van der Waals surface area contributed by atoms with Crippen LogP contribution in [-0.2, 0) is 15.0 Å². The lowest BCUT2D eigenvalue weighted by molar-refractivity contribution is -0.127. The number of likely N-dealkylation sites (N-methyl/N-ethyl adjacent to an activating group) is 1. The molecule has 6 heteroatoms. The van der Waals surface area contributed by atoms with Crippen molar-refractivity contribution in [2.75, 3.05) is 7.05 Å². The molecule has 0 spiro atoms. The Morgan fingerprint density at radius 2 is 1.53 bits per heavy atom. The standard InChI is InChI=1S/C35H48FN3O2.C7H14.C7H16.C4H10/c1-13-18-38-31(26(8)27(9)39-32(30(36)15-3)21-25(7)34(41)37-12)20-23(5)28-16-17-29(24(6)19-28)35(10,11)33(40)22(4)14-2;1-3-7-4-6(2)5-7;1-3-5-7-6-4-2;1-4(2)3/h15-22,39H,3,5,13-14H2,1-2,4,6-12H3,(H,37,41);6-7H,3-5H2,1-2H3;3-7H2,1-2H3;4H,1-3H3/b25-21+,27-26+,31-20+,32-30-,38-18?;;;. The number of Topliss-reactive ketones (excluding diaryl/α,β-unsaturated/α-hetero) is 1. The summed E-state index contributed by atoms with van der Waals surface area (Å²) in [5.74, 6) is 2.30. The van der Waals surface area contributed by atoms with Crippen molar-refractivity contribution in [1.29, 1.82) is 0 Å². The number of aliphatic imine (C=N–C) groups is 1. The molecule has 0 radical (unpaired) electrons. The molecule has 2 N–H and O–H groups in total. The number of rotatable bonds is 19. The van der Waals surface area contributed by atoms with Gasteiger partial charge in [0.25, 0.3) is 0 Å². The van der Waals surface area contributed by atoms with Gasteiger partial charge in [0.2, 0.25) is 5.91 Å². The van der Waals surface area contributed by atoms with E-state index in [2.05, 4.69) is 83.3 Å². The highest BCUT2D eigenvalue weighted by atomic mass is 19.1. The van der Waals surface area contributed by atoms with Crippen LogP contribution in [-0.4, -0.2) is 25.0 Å². The number of benzene rings is 1. The molecule has 1 unspecified atom stereocenters. The Morgan fingerprint density at radius 3 is 1.93 bits per heavy atom. The Labute approximate surface area is 363 Å². The van der Waals surface area contributed by atoms with Gasteiger partial charge in [-0.25, -0.2) is 4.39 Å². The van der Waals surface area contributed by atoms with Crippen molar-refractivity contribution in [3.63, 3.8) is 0 Å². The number of hydrogen-bond acceptors (Lipinski definition) is 4. The van der Waals surface area contributed by atoms with Crippen LogP contribution in [0.1, 0.15) is 185 Å². The van der Waals surface area contributed by atoms with Crippen LogP contribution in [0.3, 0.4) is 0 Å². The fourth-order valence-electron chi connectivity index (χ4n) is 6.50. The number of aryl methyl sites for hydroxylation is 1. The minimum atomic E-state index is -0.593. The molecule has 0 saturated heterocycles. The smallest absolute Gasteiger partial charge is 0.246 e. The number of hydrogen-bond donors (Lipinski definition) is 2. The average Bonchev–Trinajstić information content (AvgIpc) is 3.19. The maximum absolute atomic E-state index is 14.7. The van der Waals surface area contributed by atoms with Crippen LogP contribution < -0.4 is 10.6 Å². The normalized spacial score (nSPS) is 16.7. The highest BCUT2D eigenvalue weighted by Crippen LogP contribution is 2.35. The van der Waals surface area contributed by atoms with Crippen molar-refractivity contribution in [3.05, 3.63) is 100 Å². The zero-order valence-corrected chi connectivity index (χ0v) is 41.0. The first-order chi connectivity index (χ1) is 27.6. The minimum absolute atomic E-state index is 0.00825. The number of carbonyl (C=O) groups excluding carboxylic acids is 2. The van der Waals surface area contributed by atoms with Crippen molar-refractivity contribution in [2.24, 2.45) is 28.7 Å². The van der Waals surface area contributed by atoms with Gasteiger partial charge in [-0.1, -0.05) is 139 Å². The molecule has 5 nitrogen and oxygen atoms in total. The number of carbonyl (C=O) groups is 2. The van der Waals surface area contributed by atoms with Gasteiger partial charge in [-0.15, -0.1) is 0 Å². The van der Waals surface area contributed by atoms with E-state index < -0.39 is 11.2 Å². The number of allylic oxidation sites excluding steroid dienone is 7. The van der Waals surface area contributed by atoms with Gasteiger partial charge in [0.1, 0.15) is 11.6 Å². The van der Waals surface area contributed by atoms with E-state index in [0.717, 1.165) is 64.5 Å².